The summed E-state index contributed by atoms with van der Waals surface area (Å²) in [4.78, 5) is 0. The Balaban J connectivity index is 2.95. The molecule has 0 radical (unpaired) electrons. The third kappa shape index (κ3) is 2.57. The number of benzene rings is 1. The molecule has 0 aliphatic rings. The van der Waals surface area contributed by atoms with Crippen molar-refractivity contribution < 1.29 is 9.13 Å². The number of methoxy groups -OCH3 is 1. The Morgan fingerprint density at radius 2 is 2.29 bits per heavy atom. The maximum atomic E-state index is 12.5. The van der Waals surface area contributed by atoms with Gasteiger partial charge in [-0.15, -0.1) is 0 Å². The van der Waals surface area contributed by atoms with Gasteiger partial charge in [0.1, 0.15) is 12.4 Å². The summed E-state index contributed by atoms with van der Waals surface area (Å²) >= 11 is 0. The molecule has 0 saturated carbocycles. The van der Waals surface area contributed by atoms with E-state index in [9.17, 15) is 4.39 Å². The Morgan fingerprint density at radius 3 is 2.86 bits per heavy atom. The van der Waals surface area contributed by atoms with Gasteiger partial charge in [-0.1, -0.05) is 18.2 Å². The van der Waals surface area contributed by atoms with E-state index >= 15 is 0 Å². The molecule has 1 aromatic rings. The van der Waals surface area contributed by atoms with Crippen LogP contribution in [0, 0.1) is 0 Å². The van der Waals surface area contributed by atoms with Crippen LogP contribution in [-0.2, 0) is 6.67 Å². The summed E-state index contributed by atoms with van der Waals surface area (Å²) in [5.74, 6) is 0.581. The van der Waals surface area contributed by atoms with E-state index in [2.05, 4.69) is 0 Å². The minimum atomic E-state index is -0.520. The average Bonchev–Trinajstić information content (AvgIpc) is 2.25. The number of hydrogen-bond donors (Lipinski definition) is 1. The maximum Gasteiger partial charge on any atom is 0.124 e. The predicted octanol–water partition coefficient (Wildman–Crippen LogP) is 2.14. The van der Waals surface area contributed by atoms with Gasteiger partial charge in [0.05, 0.1) is 7.11 Å². The Hall–Kier alpha value is -1.35. The highest BCUT2D eigenvalue weighted by Gasteiger charge is 2.01. The second kappa shape index (κ2) is 5.40. The van der Waals surface area contributed by atoms with E-state index in [0.29, 0.717) is 17.9 Å². The lowest BCUT2D eigenvalue weighted by atomic mass is 10.1. The van der Waals surface area contributed by atoms with Gasteiger partial charge >= 0.3 is 0 Å². The SMILES string of the molecule is COc1ccc(/C=C/CN)cc1CF. The molecule has 0 atom stereocenters. The van der Waals surface area contributed by atoms with Gasteiger partial charge < -0.3 is 10.5 Å². The molecule has 76 valence electrons. The van der Waals surface area contributed by atoms with Crippen molar-refractivity contribution in [3.8, 4) is 5.75 Å². The monoisotopic (exact) mass is 195 g/mol. The topological polar surface area (TPSA) is 35.2 Å². The fraction of sp³-hybridized carbons (Fsp3) is 0.273. The Kier molecular flexibility index (Phi) is 4.13. The summed E-state index contributed by atoms with van der Waals surface area (Å²) in [5, 5.41) is 0. The molecule has 0 spiro atoms. The van der Waals surface area contributed by atoms with Crippen LogP contribution in [-0.4, -0.2) is 13.7 Å². The molecule has 3 heteroatoms. The van der Waals surface area contributed by atoms with Crippen LogP contribution >= 0.6 is 0 Å². The molecule has 1 rings (SSSR count). The molecule has 0 heterocycles. The second-order valence-corrected chi connectivity index (χ2v) is 2.84. The molecule has 0 aliphatic carbocycles. The molecule has 0 fully saturated rings. The lowest BCUT2D eigenvalue weighted by Gasteiger charge is -2.05. The van der Waals surface area contributed by atoms with Crippen molar-refractivity contribution in [3.63, 3.8) is 0 Å². The number of ether oxygens (including phenoxy) is 1. The van der Waals surface area contributed by atoms with E-state index < -0.39 is 6.67 Å². The summed E-state index contributed by atoms with van der Waals surface area (Å²) < 4.78 is 17.6. The first kappa shape index (κ1) is 10.7. The van der Waals surface area contributed by atoms with E-state index in [-0.39, 0.29) is 0 Å². The number of halogens is 1. The summed E-state index contributed by atoms with van der Waals surface area (Å²) in [6.07, 6.45) is 3.68. The highest BCUT2D eigenvalue weighted by atomic mass is 19.1. The molecule has 0 unspecified atom stereocenters. The number of nitrogens with two attached hydrogens (primary N) is 1. The van der Waals surface area contributed by atoms with Gasteiger partial charge in [0.25, 0.3) is 0 Å². The lowest BCUT2D eigenvalue weighted by molar-refractivity contribution is 0.394. The first-order chi connectivity index (χ1) is 6.81. The summed E-state index contributed by atoms with van der Waals surface area (Å²) in [7, 11) is 1.53. The van der Waals surface area contributed by atoms with Gasteiger partial charge in [-0.25, -0.2) is 4.39 Å². The van der Waals surface area contributed by atoms with Crippen LogP contribution in [0.1, 0.15) is 11.1 Å². The summed E-state index contributed by atoms with van der Waals surface area (Å²) in [6.45, 7) is -0.0372. The quantitative estimate of drug-likeness (QED) is 0.798. The van der Waals surface area contributed by atoms with Crippen LogP contribution in [0.2, 0.25) is 0 Å². The zero-order valence-electron chi connectivity index (χ0n) is 8.16. The smallest absolute Gasteiger partial charge is 0.124 e. The predicted molar refractivity (Wildman–Crippen MR) is 55.9 cm³/mol. The maximum absolute atomic E-state index is 12.5. The normalized spacial score (nSPS) is 10.8. The Morgan fingerprint density at radius 1 is 1.50 bits per heavy atom. The van der Waals surface area contributed by atoms with Crippen LogP contribution in [0.3, 0.4) is 0 Å². The third-order valence-corrected chi connectivity index (χ3v) is 1.89. The molecule has 14 heavy (non-hydrogen) atoms. The van der Waals surface area contributed by atoms with Gasteiger partial charge in [0.15, 0.2) is 0 Å². The average molecular weight is 195 g/mol. The first-order valence-corrected chi connectivity index (χ1v) is 4.41. The molecule has 0 saturated heterocycles. The fourth-order valence-electron chi connectivity index (χ4n) is 1.21. The molecule has 1 aromatic carbocycles. The lowest BCUT2D eigenvalue weighted by Crippen LogP contribution is -1.93. The van der Waals surface area contributed by atoms with Gasteiger partial charge in [-0.05, 0) is 17.7 Å². The van der Waals surface area contributed by atoms with Crippen molar-refractivity contribution in [2.75, 3.05) is 13.7 Å². The highest BCUT2D eigenvalue weighted by molar-refractivity contribution is 5.53. The number of hydrogen-bond acceptors (Lipinski definition) is 2. The largest absolute Gasteiger partial charge is 0.496 e. The fourth-order valence-corrected chi connectivity index (χ4v) is 1.21. The molecule has 2 N–H and O–H groups in total. The summed E-state index contributed by atoms with van der Waals surface area (Å²) in [6, 6.07) is 5.38. The highest BCUT2D eigenvalue weighted by Crippen LogP contribution is 2.21. The van der Waals surface area contributed by atoms with Crippen molar-refractivity contribution >= 4 is 6.08 Å². The van der Waals surface area contributed by atoms with Crippen molar-refractivity contribution in [1.82, 2.24) is 0 Å². The molecule has 0 aromatic heterocycles. The Labute approximate surface area is 83.2 Å². The van der Waals surface area contributed by atoms with E-state index in [4.69, 9.17) is 10.5 Å². The van der Waals surface area contributed by atoms with Crippen LogP contribution in [0.4, 0.5) is 4.39 Å². The van der Waals surface area contributed by atoms with Crippen LogP contribution in [0.5, 0.6) is 5.75 Å². The first-order valence-electron chi connectivity index (χ1n) is 4.41. The second-order valence-electron chi connectivity index (χ2n) is 2.84. The van der Waals surface area contributed by atoms with Crippen LogP contribution in [0.25, 0.3) is 6.08 Å². The molecule has 0 aliphatic heterocycles. The van der Waals surface area contributed by atoms with E-state index in [1.54, 1.807) is 12.1 Å². The van der Waals surface area contributed by atoms with E-state index in [1.807, 2.05) is 18.2 Å². The molecule has 0 amide bonds. The number of alkyl halides is 1. The third-order valence-electron chi connectivity index (χ3n) is 1.89. The van der Waals surface area contributed by atoms with Crippen LogP contribution in [0.15, 0.2) is 24.3 Å². The van der Waals surface area contributed by atoms with Crippen LogP contribution < -0.4 is 10.5 Å². The van der Waals surface area contributed by atoms with Crippen molar-refractivity contribution in [1.29, 1.82) is 0 Å². The minimum absolute atomic E-state index is 0.483. The van der Waals surface area contributed by atoms with Gasteiger partial charge in [0, 0.05) is 12.1 Å². The van der Waals surface area contributed by atoms with Crippen molar-refractivity contribution in [2.24, 2.45) is 5.73 Å². The molecular weight excluding hydrogens is 181 g/mol. The molecular formula is C11H14FNO. The standard InChI is InChI=1S/C11H14FNO/c1-14-11-5-4-9(3-2-6-13)7-10(11)8-12/h2-5,7H,6,8,13H2,1H3/b3-2+. The van der Waals surface area contributed by atoms with Crippen molar-refractivity contribution in [3.05, 3.63) is 35.4 Å². The minimum Gasteiger partial charge on any atom is -0.496 e. The van der Waals surface area contributed by atoms with Gasteiger partial charge in [-0.3, -0.25) is 0 Å². The summed E-state index contributed by atoms with van der Waals surface area (Å²) in [5.41, 5.74) is 6.81. The van der Waals surface area contributed by atoms with E-state index in [0.717, 1.165) is 5.56 Å². The molecule has 2 nitrogen and oxygen atoms in total. The van der Waals surface area contributed by atoms with Crippen molar-refractivity contribution in [2.45, 2.75) is 6.67 Å². The zero-order chi connectivity index (χ0) is 10.4. The molecule has 0 bridgehead atoms. The van der Waals surface area contributed by atoms with E-state index in [1.165, 1.54) is 7.11 Å². The van der Waals surface area contributed by atoms with Gasteiger partial charge in [0.2, 0.25) is 0 Å². The Bertz CT molecular complexity index is 323. The zero-order valence-corrected chi connectivity index (χ0v) is 8.16. The van der Waals surface area contributed by atoms with Gasteiger partial charge in [-0.2, -0.15) is 0 Å². The number of rotatable bonds is 4.